The molecule has 458 valence electrons. The fourth-order valence-electron chi connectivity index (χ4n) is 10.1. The molecule has 0 aliphatic heterocycles. The Bertz CT molecular complexity index is 1450. The lowest BCUT2D eigenvalue weighted by molar-refractivity contribution is -0.167. The molecule has 0 saturated heterocycles. The van der Waals surface area contributed by atoms with Crippen molar-refractivity contribution >= 4 is 17.9 Å². The van der Waals surface area contributed by atoms with E-state index < -0.39 is 6.10 Å². The highest BCUT2D eigenvalue weighted by atomic mass is 16.6. The lowest BCUT2D eigenvalue weighted by Crippen LogP contribution is -2.30. The molecule has 0 fully saturated rings. The number of rotatable bonds is 63. The van der Waals surface area contributed by atoms with Gasteiger partial charge in [0.15, 0.2) is 6.10 Å². The Balaban J connectivity index is 4.07. The van der Waals surface area contributed by atoms with Crippen LogP contribution in [0.2, 0.25) is 0 Å². The largest absolute Gasteiger partial charge is 0.462 e. The maximum atomic E-state index is 12.9. The molecule has 0 saturated carbocycles. The monoisotopic (exact) mass is 1100 g/mol. The molecule has 1 unspecified atom stereocenters. The Kier molecular flexibility index (Phi) is 64.7. The summed E-state index contributed by atoms with van der Waals surface area (Å²) >= 11 is 0. The van der Waals surface area contributed by atoms with Crippen LogP contribution < -0.4 is 0 Å². The zero-order valence-electron chi connectivity index (χ0n) is 52.6. The van der Waals surface area contributed by atoms with Crippen LogP contribution in [0.5, 0.6) is 0 Å². The third-order valence-electron chi connectivity index (χ3n) is 15.2. The van der Waals surface area contributed by atoms with Gasteiger partial charge in [-0.3, -0.25) is 14.4 Å². The Morgan fingerprint density at radius 1 is 0.266 bits per heavy atom. The lowest BCUT2D eigenvalue weighted by Gasteiger charge is -2.18. The Morgan fingerprint density at radius 2 is 0.494 bits per heavy atom. The van der Waals surface area contributed by atoms with E-state index in [1.54, 1.807) is 0 Å². The van der Waals surface area contributed by atoms with E-state index in [0.717, 1.165) is 96.3 Å². The first-order valence-corrected chi connectivity index (χ1v) is 34.4. The van der Waals surface area contributed by atoms with Crippen molar-refractivity contribution < 1.29 is 28.6 Å². The molecule has 0 N–H and O–H groups in total. The minimum atomic E-state index is -0.776. The average molecular weight is 1100 g/mol. The van der Waals surface area contributed by atoms with Crippen LogP contribution in [0.15, 0.2) is 72.9 Å². The molecule has 0 aliphatic carbocycles. The quantitative estimate of drug-likeness (QED) is 0.0261. The first-order valence-electron chi connectivity index (χ1n) is 34.4. The zero-order chi connectivity index (χ0) is 57.1. The second-order valence-electron chi connectivity index (χ2n) is 23.1. The predicted octanol–water partition coefficient (Wildman–Crippen LogP) is 23.7. The molecule has 0 rings (SSSR count). The average Bonchev–Trinajstić information content (AvgIpc) is 3.45. The molecule has 1 atom stereocenters. The third-order valence-corrected chi connectivity index (χ3v) is 15.2. The van der Waals surface area contributed by atoms with Crippen LogP contribution in [-0.4, -0.2) is 37.2 Å². The molecule has 0 spiro atoms. The van der Waals surface area contributed by atoms with E-state index in [1.165, 1.54) is 218 Å². The third kappa shape index (κ3) is 65.5. The van der Waals surface area contributed by atoms with E-state index in [4.69, 9.17) is 14.2 Å². The normalized spacial score (nSPS) is 12.5. The Morgan fingerprint density at radius 3 is 0.785 bits per heavy atom. The van der Waals surface area contributed by atoms with Crippen LogP contribution in [0, 0.1) is 0 Å². The maximum Gasteiger partial charge on any atom is 0.306 e. The van der Waals surface area contributed by atoms with Gasteiger partial charge >= 0.3 is 17.9 Å². The fourth-order valence-corrected chi connectivity index (χ4v) is 10.1. The number of hydrogen-bond acceptors (Lipinski definition) is 6. The van der Waals surface area contributed by atoms with Gasteiger partial charge in [-0.25, -0.2) is 0 Å². The molecule has 79 heavy (non-hydrogen) atoms. The van der Waals surface area contributed by atoms with Gasteiger partial charge in [0.2, 0.25) is 0 Å². The van der Waals surface area contributed by atoms with Crippen LogP contribution in [-0.2, 0) is 28.6 Å². The van der Waals surface area contributed by atoms with Gasteiger partial charge in [-0.15, -0.1) is 0 Å². The summed E-state index contributed by atoms with van der Waals surface area (Å²) in [5, 5.41) is 0. The number of hydrogen-bond donors (Lipinski definition) is 0. The Hall–Kier alpha value is -3.15. The van der Waals surface area contributed by atoms with E-state index in [0.29, 0.717) is 19.3 Å². The molecule has 0 aromatic carbocycles. The van der Waals surface area contributed by atoms with E-state index in [2.05, 4.69) is 93.7 Å². The van der Waals surface area contributed by atoms with Crippen molar-refractivity contribution in [2.45, 2.75) is 361 Å². The topological polar surface area (TPSA) is 78.9 Å². The summed E-state index contributed by atoms with van der Waals surface area (Å²) in [5.41, 5.74) is 0. The SMILES string of the molecule is CC/C=C\C/C=C\C/C=C\C/C=C\C/C=C\CCCCCCCCCCCC(=O)OC(COC(=O)CCCCCCCCC)COC(=O)CCCCCCCCCCCCCCCCCCC/C=C\CCCCCCCCCC. The number of allylic oxidation sites excluding steroid dienone is 12. The molecule has 0 aliphatic rings. The predicted molar refractivity (Wildman–Crippen MR) is 344 cm³/mol. The molecule has 0 heterocycles. The van der Waals surface area contributed by atoms with Crippen molar-refractivity contribution in [3.05, 3.63) is 72.9 Å². The molecule has 6 nitrogen and oxygen atoms in total. The van der Waals surface area contributed by atoms with E-state index in [-0.39, 0.29) is 31.1 Å². The number of carbonyl (C=O) groups excluding carboxylic acids is 3. The molecule has 0 radical (unpaired) electrons. The zero-order valence-corrected chi connectivity index (χ0v) is 52.6. The van der Waals surface area contributed by atoms with Crippen molar-refractivity contribution in [3.8, 4) is 0 Å². The molecule has 0 bridgehead atoms. The highest BCUT2D eigenvalue weighted by Gasteiger charge is 2.19. The summed E-state index contributed by atoms with van der Waals surface area (Å²) < 4.78 is 16.9. The smallest absolute Gasteiger partial charge is 0.306 e. The number of carbonyl (C=O) groups is 3. The molecule has 0 amide bonds. The van der Waals surface area contributed by atoms with Gasteiger partial charge in [0.25, 0.3) is 0 Å². The summed E-state index contributed by atoms with van der Waals surface area (Å²) in [6, 6.07) is 0. The first-order chi connectivity index (χ1) is 39.0. The second-order valence-corrected chi connectivity index (χ2v) is 23.1. The summed E-state index contributed by atoms with van der Waals surface area (Å²) in [7, 11) is 0. The van der Waals surface area contributed by atoms with E-state index in [1.807, 2.05) is 0 Å². The molecule has 0 aromatic heterocycles. The van der Waals surface area contributed by atoms with Crippen molar-refractivity contribution in [3.63, 3.8) is 0 Å². The molecule has 0 aromatic rings. The minimum absolute atomic E-state index is 0.0741. The molecule has 6 heteroatoms. The summed E-state index contributed by atoms with van der Waals surface area (Å²) in [5.74, 6) is -0.870. The van der Waals surface area contributed by atoms with Crippen LogP contribution in [0.3, 0.4) is 0 Å². The van der Waals surface area contributed by atoms with Gasteiger partial charge in [-0.05, 0) is 89.9 Å². The minimum Gasteiger partial charge on any atom is -0.462 e. The van der Waals surface area contributed by atoms with Crippen molar-refractivity contribution in [1.82, 2.24) is 0 Å². The maximum absolute atomic E-state index is 12.9. The molecular weight excluding hydrogens is 973 g/mol. The lowest BCUT2D eigenvalue weighted by atomic mass is 10.0. The summed E-state index contributed by atoms with van der Waals surface area (Å²) in [4.78, 5) is 38.2. The fraction of sp³-hybridized carbons (Fsp3) is 0.795. The van der Waals surface area contributed by atoms with Crippen molar-refractivity contribution in [2.24, 2.45) is 0 Å². The summed E-state index contributed by atoms with van der Waals surface area (Å²) in [6.07, 6.45) is 88.1. The van der Waals surface area contributed by atoms with Gasteiger partial charge in [0, 0.05) is 19.3 Å². The standard InChI is InChI=1S/C73H130O6/c1-4-7-10-13-16-18-20-22-24-26-28-30-32-34-35-36-37-39-40-42-44-46-48-50-52-54-57-60-63-66-72(75)78-69-70(68-77-71(74)65-62-59-56-15-12-9-6-3)79-73(76)67-64-61-58-55-53-51-49-47-45-43-41-38-33-31-29-27-25-23-21-19-17-14-11-8-5-2/h8,11,17,19,23,25-26,28-29,31,38,41,70H,4-7,9-10,12-16,18,20-22,24,27,30,32-37,39-40,42-69H2,1-3H3/b11-8-,19-17-,25-23-,28-26-,31-29-,41-38-. The number of unbranched alkanes of at least 4 members (excludes halogenated alkanes) is 40. The van der Waals surface area contributed by atoms with E-state index in [9.17, 15) is 14.4 Å². The first kappa shape index (κ1) is 75.8. The highest BCUT2D eigenvalue weighted by molar-refractivity contribution is 5.71. The van der Waals surface area contributed by atoms with Crippen LogP contribution >= 0.6 is 0 Å². The number of ether oxygens (including phenoxy) is 3. The van der Waals surface area contributed by atoms with Gasteiger partial charge in [0.1, 0.15) is 13.2 Å². The van der Waals surface area contributed by atoms with Crippen LogP contribution in [0.25, 0.3) is 0 Å². The highest BCUT2D eigenvalue weighted by Crippen LogP contribution is 2.18. The van der Waals surface area contributed by atoms with E-state index >= 15 is 0 Å². The summed E-state index contributed by atoms with van der Waals surface area (Å²) in [6.45, 7) is 6.52. The molecular formula is C73H130O6. The number of esters is 3. The Labute approximate surface area is 491 Å². The van der Waals surface area contributed by atoms with Crippen LogP contribution in [0.4, 0.5) is 0 Å². The van der Waals surface area contributed by atoms with Gasteiger partial charge in [-0.2, -0.15) is 0 Å². The van der Waals surface area contributed by atoms with Crippen molar-refractivity contribution in [1.29, 1.82) is 0 Å². The van der Waals surface area contributed by atoms with Gasteiger partial charge in [0.05, 0.1) is 0 Å². The second kappa shape index (κ2) is 67.4. The van der Waals surface area contributed by atoms with Crippen LogP contribution in [0.1, 0.15) is 355 Å². The van der Waals surface area contributed by atoms with Gasteiger partial charge in [-0.1, -0.05) is 318 Å². The van der Waals surface area contributed by atoms with Gasteiger partial charge < -0.3 is 14.2 Å². The van der Waals surface area contributed by atoms with Crippen molar-refractivity contribution in [2.75, 3.05) is 13.2 Å².